The number of phosphoric acid groups is 6. The number of phosphoric ester groups is 2. The lowest BCUT2D eigenvalue weighted by molar-refractivity contribution is -0.0423. The van der Waals surface area contributed by atoms with Crippen molar-refractivity contribution in [1.29, 1.82) is 0 Å². The van der Waals surface area contributed by atoms with Gasteiger partial charge in [-0.3, -0.25) is 28.0 Å². The van der Waals surface area contributed by atoms with Crippen LogP contribution in [0.25, 0.3) is 11.2 Å². The zero-order valence-electron chi connectivity index (χ0n) is 28.7. The number of anilines is 1. The number of H-pyrrole nitrogens is 1. The van der Waals surface area contributed by atoms with Crippen LogP contribution in [0.15, 0.2) is 28.4 Å². The highest BCUT2D eigenvalue weighted by atomic mass is 31.3. The van der Waals surface area contributed by atoms with E-state index >= 15 is 0 Å². The molecule has 4 unspecified atom stereocenters. The number of nitrogens with zero attached hydrogens (tertiary/aromatic N) is 5. The van der Waals surface area contributed by atoms with Crippen molar-refractivity contribution in [3.63, 3.8) is 0 Å². The molecule has 0 spiro atoms. The van der Waals surface area contributed by atoms with Crippen molar-refractivity contribution >= 4 is 63.9 Å². The van der Waals surface area contributed by atoms with Crippen LogP contribution in [0.3, 0.4) is 0 Å². The number of ether oxygens (including phenoxy) is 2. The van der Waals surface area contributed by atoms with Gasteiger partial charge in [-0.15, -0.1) is 0 Å². The summed E-state index contributed by atoms with van der Waals surface area (Å²) in [6, 6.07) is 0. The number of rotatable bonds is 16. The van der Waals surface area contributed by atoms with Gasteiger partial charge >= 0.3 is 52.6 Å². The maximum Gasteiger partial charge on any atom is 0.490 e. The minimum Gasteiger partial charge on any atom is -0.390 e. The van der Waals surface area contributed by atoms with E-state index in [2.05, 4.69) is 46.2 Å². The number of aliphatic hydroxyl groups is 1. The van der Waals surface area contributed by atoms with Crippen LogP contribution in [0.2, 0.25) is 0 Å². The Kier molecular flexibility index (Phi) is 15.3. The van der Waals surface area contributed by atoms with E-state index in [9.17, 15) is 51.9 Å². The number of imidazole rings is 1. The van der Waals surface area contributed by atoms with Gasteiger partial charge in [-0.1, -0.05) is 0 Å². The smallest absolute Gasteiger partial charge is 0.390 e. The molecule has 2 aliphatic heterocycles. The molecule has 0 radical (unpaired) electrons. The van der Waals surface area contributed by atoms with E-state index in [4.69, 9.17) is 44.6 Å². The Morgan fingerprint density at radius 2 is 1.34 bits per heavy atom. The maximum atomic E-state index is 11.8. The normalized spacial score (nSPS) is 25.6. The van der Waals surface area contributed by atoms with Gasteiger partial charge in [-0.25, -0.2) is 47.1 Å². The lowest BCUT2D eigenvalue weighted by Crippen LogP contribution is -2.33. The number of nitrogens with two attached hydrogens (primary N) is 1. The summed E-state index contributed by atoms with van der Waals surface area (Å²) in [4.78, 5) is 108. The molecular weight excluding hydrogens is 924 g/mol. The number of nitrogens with one attached hydrogen (secondary N) is 1. The Balaban J connectivity index is 0.000000257. The molecule has 2 saturated heterocycles. The summed E-state index contributed by atoms with van der Waals surface area (Å²) in [6.07, 6.45) is -0.431. The van der Waals surface area contributed by atoms with Gasteiger partial charge in [-0.2, -0.15) is 17.2 Å². The van der Waals surface area contributed by atoms with Gasteiger partial charge in [-0.05, 0) is 19.8 Å². The largest absolute Gasteiger partial charge is 0.490 e. The van der Waals surface area contributed by atoms with E-state index in [0.29, 0.717) is 11.2 Å². The summed E-state index contributed by atoms with van der Waals surface area (Å²) >= 11 is 0. The van der Waals surface area contributed by atoms with Crippen molar-refractivity contribution in [3.05, 3.63) is 45.3 Å². The van der Waals surface area contributed by atoms with Crippen LogP contribution >= 0.6 is 46.9 Å². The van der Waals surface area contributed by atoms with Gasteiger partial charge < -0.3 is 59.5 Å². The van der Waals surface area contributed by atoms with Crippen LogP contribution in [0.5, 0.6) is 0 Å². The lowest BCUT2D eigenvalue weighted by atomic mass is 10.2. The van der Waals surface area contributed by atoms with Crippen molar-refractivity contribution in [2.75, 3.05) is 18.9 Å². The highest BCUT2D eigenvalue weighted by Crippen LogP contribution is 2.67. The number of aliphatic hydroxyl groups excluding tert-OH is 1. The molecule has 0 aromatic carbocycles. The quantitative estimate of drug-likeness (QED) is 0.0788. The summed E-state index contributed by atoms with van der Waals surface area (Å²) in [7, 11) is -32.8. The van der Waals surface area contributed by atoms with E-state index < -0.39 is 102 Å². The van der Waals surface area contributed by atoms with Crippen LogP contribution in [-0.4, -0.2) is 105 Å². The summed E-state index contributed by atoms with van der Waals surface area (Å²) < 4.78 is 104. The zero-order chi connectivity index (χ0) is 43.6. The third-order valence-electron chi connectivity index (χ3n) is 7.10. The average molecular weight is 957 g/mol. The highest BCUT2D eigenvalue weighted by Gasteiger charge is 2.44. The minimum atomic E-state index is -5.64. The average Bonchev–Trinajstić information content (AvgIpc) is 3.77. The first-order valence-electron chi connectivity index (χ1n) is 15.2. The Morgan fingerprint density at radius 3 is 1.91 bits per heavy atom. The molecule has 5 heterocycles. The molecule has 3 aromatic rings. The Morgan fingerprint density at radius 1 is 0.776 bits per heavy atom. The maximum absolute atomic E-state index is 11.8. The Labute approximate surface area is 321 Å². The van der Waals surface area contributed by atoms with E-state index in [0.717, 1.165) is 4.57 Å². The molecule has 0 bridgehead atoms. The first kappa shape index (κ1) is 48.4. The number of aromatic nitrogens is 6. The standard InChI is InChI=1S/C10H16N5O12P3.C10H17N2O13P3/c11-9-8-10(13-3-12-9)15(4-14-8)7-1-5(16)6(25-7)2-24-29(20,21)27-30(22,23)26-28(17,18)19;1-6-4-12(10(14)11-9(6)13)8-3-2-7(23-8)5-22-27(18,19)25-28(20,21)24-26(15,16)17/h3-7,16H,1-2H2,(H,20,21)(H,22,23)(H2,11,12,13)(H2,17,18,19);4,7-8H,2-3,5H2,1H3,(H,18,19)(H,20,21)(H,11,13,14)(H2,15,16,17)/t5-,6+,7+;7-,8+/m00/s1. The van der Waals surface area contributed by atoms with Crippen molar-refractivity contribution in [2.24, 2.45) is 0 Å². The van der Waals surface area contributed by atoms with E-state index in [1.807, 2.05) is 0 Å². The number of hydrogen-bond donors (Lipinski definition) is 11. The summed E-state index contributed by atoms with van der Waals surface area (Å²) in [5.74, 6) is 0.126. The molecule has 0 aliphatic carbocycles. The predicted octanol–water partition coefficient (Wildman–Crippen LogP) is -0.734. The van der Waals surface area contributed by atoms with E-state index in [-0.39, 0.29) is 30.6 Å². The molecule has 38 heteroatoms. The van der Waals surface area contributed by atoms with Gasteiger partial charge in [0.15, 0.2) is 11.5 Å². The second kappa shape index (κ2) is 18.4. The fourth-order valence-corrected chi connectivity index (χ4v) is 11.0. The lowest BCUT2D eigenvalue weighted by Gasteiger charge is -2.19. The van der Waals surface area contributed by atoms with Gasteiger partial charge in [0, 0.05) is 18.2 Å². The molecular formula is C20H33N7O25P6. The Hall–Kier alpha value is -2.27. The van der Waals surface area contributed by atoms with Crippen LogP contribution in [0, 0.1) is 6.92 Å². The molecule has 58 heavy (non-hydrogen) atoms. The molecule has 9 atom stereocenters. The molecule has 2 aliphatic rings. The third kappa shape index (κ3) is 14.4. The molecule has 0 saturated carbocycles. The van der Waals surface area contributed by atoms with E-state index in [1.165, 1.54) is 30.3 Å². The fourth-order valence-electron chi connectivity index (χ4n) is 4.88. The van der Waals surface area contributed by atoms with Gasteiger partial charge in [0.1, 0.15) is 30.4 Å². The highest BCUT2D eigenvalue weighted by molar-refractivity contribution is 7.67. The van der Waals surface area contributed by atoms with Crippen LogP contribution in [0.4, 0.5) is 5.82 Å². The topological polar surface area (TPSA) is 483 Å². The summed E-state index contributed by atoms with van der Waals surface area (Å²) in [5, 5.41) is 10.1. The summed E-state index contributed by atoms with van der Waals surface area (Å²) in [5.41, 5.74) is 5.30. The van der Waals surface area contributed by atoms with Crippen molar-refractivity contribution in [2.45, 2.75) is 57.0 Å². The third-order valence-corrected chi connectivity index (χ3v) is 14.7. The van der Waals surface area contributed by atoms with Crippen molar-refractivity contribution in [1.82, 2.24) is 29.1 Å². The fraction of sp³-hybridized carbons (Fsp3) is 0.550. The number of aryl methyl sites for hydroxylation is 1. The monoisotopic (exact) mass is 957 g/mol. The molecule has 328 valence electrons. The SMILES string of the molecule is Cc1cn([C@H]2CC[C@@H](COP(=O)(O)OP(=O)(O)OP(=O)(O)O)O2)c(=O)[nH]c1=O.Nc1ncnc2c1ncn2[C@H]1C[C@H](O)[C@@H](COP(=O)(O)OP(=O)(O)OP(=O)(O)O)O1. The second-order valence-electron chi connectivity index (χ2n) is 11.6. The van der Waals surface area contributed by atoms with Gasteiger partial charge in [0.2, 0.25) is 0 Å². The van der Waals surface area contributed by atoms with Gasteiger partial charge in [0.05, 0.1) is 31.7 Å². The second-order valence-corrected chi connectivity index (χ2v) is 20.4. The van der Waals surface area contributed by atoms with Crippen LogP contribution in [0.1, 0.15) is 37.3 Å². The van der Waals surface area contributed by atoms with Crippen molar-refractivity contribution < 1.29 is 107 Å². The van der Waals surface area contributed by atoms with Gasteiger partial charge in [0.25, 0.3) is 5.56 Å². The number of hydrogen-bond acceptors (Lipinski definition) is 21. The predicted molar refractivity (Wildman–Crippen MR) is 183 cm³/mol. The van der Waals surface area contributed by atoms with Crippen molar-refractivity contribution in [3.8, 4) is 0 Å². The molecule has 2 fully saturated rings. The molecule has 5 rings (SSSR count). The molecule has 3 aromatic heterocycles. The molecule has 12 N–H and O–H groups in total. The van der Waals surface area contributed by atoms with E-state index in [1.54, 1.807) is 0 Å². The number of aromatic amines is 1. The first-order chi connectivity index (χ1) is 26.4. The Bertz CT molecular complexity index is 2380. The first-order valence-corrected chi connectivity index (χ1v) is 24.3. The minimum absolute atomic E-state index is 0.000206. The zero-order valence-corrected chi connectivity index (χ0v) is 34.1. The number of fused-ring (bicyclic) bond motifs is 1. The molecule has 32 nitrogen and oxygen atoms in total. The summed E-state index contributed by atoms with van der Waals surface area (Å²) in [6.45, 7) is 0.0823. The van der Waals surface area contributed by atoms with Crippen LogP contribution in [-0.2, 0) is 63.2 Å². The number of nitrogen functional groups attached to an aromatic ring is 1. The van der Waals surface area contributed by atoms with Crippen LogP contribution < -0.4 is 17.0 Å². The molecule has 0 amide bonds.